The fourth-order valence-corrected chi connectivity index (χ4v) is 4.58. The SMILES string of the molecule is O=C(CC1CCCCC1)N1CCC[C@H]1C1CCNCC1. The molecule has 2 saturated heterocycles. The molecular formula is C17H30N2O. The van der Waals surface area contributed by atoms with Crippen molar-refractivity contribution in [2.45, 2.75) is 70.3 Å². The molecule has 1 aliphatic carbocycles. The first-order chi connectivity index (χ1) is 9.84. The fourth-order valence-electron chi connectivity index (χ4n) is 4.58. The van der Waals surface area contributed by atoms with Crippen molar-refractivity contribution in [1.82, 2.24) is 10.2 Å². The van der Waals surface area contributed by atoms with Crippen LogP contribution in [0.3, 0.4) is 0 Å². The zero-order chi connectivity index (χ0) is 13.8. The lowest BCUT2D eigenvalue weighted by Gasteiger charge is -2.35. The quantitative estimate of drug-likeness (QED) is 0.861. The van der Waals surface area contributed by atoms with Crippen molar-refractivity contribution >= 4 is 5.91 Å². The standard InChI is InChI=1S/C17H30N2O/c20-17(13-14-5-2-1-3-6-14)19-12-4-7-16(19)15-8-10-18-11-9-15/h14-16,18H,1-13H2/t16-/m0/s1. The summed E-state index contributed by atoms with van der Waals surface area (Å²) in [5.41, 5.74) is 0. The lowest BCUT2D eigenvalue weighted by atomic mass is 9.85. The maximum atomic E-state index is 12.7. The molecule has 3 aliphatic rings. The van der Waals surface area contributed by atoms with Crippen LogP contribution in [0.2, 0.25) is 0 Å². The molecule has 3 rings (SSSR count). The number of hydrogen-bond acceptors (Lipinski definition) is 2. The third kappa shape index (κ3) is 3.36. The summed E-state index contributed by atoms with van der Waals surface area (Å²) in [6.07, 6.45) is 12.5. The van der Waals surface area contributed by atoms with Crippen LogP contribution in [-0.4, -0.2) is 36.5 Å². The van der Waals surface area contributed by atoms with E-state index in [1.54, 1.807) is 0 Å². The normalized spacial score (nSPS) is 29.8. The van der Waals surface area contributed by atoms with Gasteiger partial charge in [0.1, 0.15) is 0 Å². The molecule has 20 heavy (non-hydrogen) atoms. The minimum absolute atomic E-state index is 0.470. The highest BCUT2D eigenvalue weighted by Crippen LogP contribution is 2.32. The van der Waals surface area contributed by atoms with Crippen molar-refractivity contribution in [2.24, 2.45) is 11.8 Å². The molecule has 0 spiro atoms. The highest BCUT2D eigenvalue weighted by atomic mass is 16.2. The van der Waals surface area contributed by atoms with Gasteiger partial charge in [-0.3, -0.25) is 4.79 Å². The molecule has 2 aliphatic heterocycles. The minimum atomic E-state index is 0.470. The molecule has 0 aromatic heterocycles. The van der Waals surface area contributed by atoms with Crippen LogP contribution in [0.4, 0.5) is 0 Å². The maximum absolute atomic E-state index is 12.7. The number of nitrogens with zero attached hydrogens (tertiary/aromatic N) is 1. The summed E-state index contributed by atoms with van der Waals surface area (Å²) in [6.45, 7) is 3.32. The van der Waals surface area contributed by atoms with E-state index in [1.165, 1.54) is 57.8 Å². The zero-order valence-corrected chi connectivity index (χ0v) is 12.8. The van der Waals surface area contributed by atoms with E-state index in [1.807, 2.05) is 0 Å². The van der Waals surface area contributed by atoms with Crippen LogP contribution in [0.25, 0.3) is 0 Å². The Morgan fingerprint density at radius 2 is 1.70 bits per heavy atom. The Hall–Kier alpha value is -0.570. The van der Waals surface area contributed by atoms with Crippen LogP contribution >= 0.6 is 0 Å². The van der Waals surface area contributed by atoms with Crippen molar-refractivity contribution in [3.8, 4) is 0 Å². The molecule has 3 heteroatoms. The van der Waals surface area contributed by atoms with Crippen molar-refractivity contribution < 1.29 is 4.79 Å². The van der Waals surface area contributed by atoms with Crippen molar-refractivity contribution in [3.05, 3.63) is 0 Å². The number of rotatable bonds is 3. The molecule has 1 N–H and O–H groups in total. The Labute approximate surface area is 123 Å². The smallest absolute Gasteiger partial charge is 0.223 e. The van der Waals surface area contributed by atoms with E-state index in [2.05, 4.69) is 10.2 Å². The molecule has 1 saturated carbocycles. The van der Waals surface area contributed by atoms with Crippen LogP contribution in [0.15, 0.2) is 0 Å². The van der Waals surface area contributed by atoms with E-state index < -0.39 is 0 Å². The van der Waals surface area contributed by atoms with Gasteiger partial charge < -0.3 is 10.2 Å². The number of carbonyl (C=O) groups excluding carboxylic acids is 1. The number of carbonyl (C=O) groups is 1. The number of hydrogen-bond donors (Lipinski definition) is 1. The first-order valence-electron chi connectivity index (χ1n) is 8.85. The first-order valence-corrected chi connectivity index (χ1v) is 8.85. The van der Waals surface area contributed by atoms with E-state index in [4.69, 9.17) is 0 Å². The fraction of sp³-hybridized carbons (Fsp3) is 0.941. The maximum Gasteiger partial charge on any atom is 0.223 e. The third-order valence-corrected chi connectivity index (χ3v) is 5.74. The Kier molecular flexibility index (Phi) is 4.98. The third-order valence-electron chi connectivity index (χ3n) is 5.74. The molecule has 1 amide bonds. The lowest BCUT2D eigenvalue weighted by Crippen LogP contribution is -2.44. The second-order valence-electron chi connectivity index (χ2n) is 7.09. The molecular weight excluding hydrogens is 248 g/mol. The van der Waals surface area contributed by atoms with E-state index in [0.29, 0.717) is 17.9 Å². The van der Waals surface area contributed by atoms with Crippen molar-refractivity contribution in [2.75, 3.05) is 19.6 Å². The van der Waals surface area contributed by atoms with Crippen LogP contribution in [0.5, 0.6) is 0 Å². The molecule has 3 nitrogen and oxygen atoms in total. The predicted octanol–water partition coefficient (Wildman–Crippen LogP) is 2.95. The predicted molar refractivity (Wildman–Crippen MR) is 81.5 cm³/mol. The van der Waals surface area contributed by atoms with Gasteiger partial charge >= 0.3 is 0 Å². The second-order valence-corrected chi connectivity index (χ2v) is 7.09. The largest absolute Gasteiger partial charge is 0.339 e. The van der Waals surface area contributed by atoms with Crippen LogP contribution in [0.1, 0.15) is 64.2 Å². The highest BCUT2D eigenvalue weighted by Gasteiger charge is 2.35. The molecule has 114 valence electrons. The molecule has 2 heterocycles. The second kappa shape index (κ2) is 6.93. The molecule has 0 aromatic carbocycles. The summed E-state index contributed by atoms with van der Waals surface area (Å²) in [7, 11) is 0. The van der Waals surface area contributed by atoms with E-state index in [9.17, 15) is 4.79 Å². The van der Waals surface area contributed by atoms with E-state index in [-0.39, 0.29) is 0 Å². The summed E-state index contributed by atoms with van der Waals surface area (Å²) in [5, 5.41) is 3.44. The van der Waals surface area contributed by atoms with Crippen LogP contribution in [0, 0.1) is 11.8 Å². The lowest BCUT2D eigenvalue weighted by molar-refractivity contribution is -0.134. The summed E-state index contributed by atoms with van der Waals surface area (Å²) >= 11 is 0. The Bertz CT molecular complexity index is 319. The van der Waals surface area contributed by atoms with Gasteiger partial charge in [0.2, 0.25) is 5.91 Å². The summed E-state index contributed by atoms with van der Waals surface area (Å²) in [5.74, 6) is 1.91. The molecule has 0 radical (unpaired) electrons. The van der Waals surface area contributed by atoms with Gasteiger partial charge in [-0.05, 0) is 63.5 Å². The Balaban J connectivity index is 1.55. The molecule has 0 aromatic rings. The number of piperidine rings is 1. The van der Waals surface area contributed by atoms with Gasteiger partial charge in [0.15, 0.2) is 0 Å². The van der Waals surface area contributed by atoms with Crippen LogP contribution < -0.4 is 5.32 Å². The van der Waals surface area contributed by atoms with Gasteiger partial charge in [0, 0.05) is 19.0 Å². The number of likely N-dealkylation sites (tertiary alicyclic amines) is 1. The van der Waals surface area contributed by atoms with Gasteiger partial charge in [0.25, 0.3) is 0 Å². The monoisotopic (exact) mass is 278 g/mol. The molecule has 0 unspecified atom stereocenters. The van der Waals surface area contributed by atoms with Gasteiger partial charge in [-0.25, -0.2) is 0 Å². The van der Waals surface area contributed by atoms with Gasteiger partial charge in [-0.2, -0.15) is 0 Å². The number of nitrogens with one attached hydrogen (secondary N) is 1. The zero-order valence-electron chi connectivity index (χ0n) is 12.8. The average Bonchev–Trinajstić information content (AvgIpc) is 2.99. The highest BCUT2D eigenvalue weighted by molar-refractivity contribution is 5.77. The van der Waals surface area contributed by atoms with Crippen molar-refractivity contribution in [3.63, 3.8) is 0 Å². The minimum Gasteiger partial charge on any atom is -0.339 e. The molecule has 1 atom stereocenters. The molecule has 3 fully saturated rings. The van der Waals surface area contributed by atoms with Gasteiger partial charge in [-0.15, -0.1) is 0 Å². The summed E-state index contributed by atoms with van der Waals surface area (Å²) in [6, 6.07) is 0.563. The van der Waals surface area contributed by atoms with Gasteiger partial charge in [0.05, 0.1) is 0 Å². The Morgan fingerprint density at radius 1 is 0.950 bits per heavy atom. The van der Waals surface area contributed by atoms with E-state index >= 15 is 0 Å². The van der Waals surface area contributed by atoms with Crippen molar-refractivity contribution in [1.29, 1.82) is 0 Å². The first kappa shape index (κ1) is 14.4. The Morgan fingerprint density at radius 3 is 2.45 bits per heavy atom. The summed E-state index contributed by atoms with van der Waals surface area (Å²) < 4.78 is 0. The van der Waals surface area contributed by atoms with Crippen LogP contribution in [-0.2, 0) is 4.79 Å². The topological polar surface area (TPSA) is 32.3 Å². The average molecular weight is 278 g/mol. The summed E-state index contributed by atoms with van der Waals surface area (Å²) in [4.78, 5) is 14.9. The van der Waals surface area contributed by atoms with Gasteiger partial charge in [-0.1, -0.05) is 19.3 Å². The molecule has 0 bridgehead atoms. The number of amides is 1. The van der Waals surface area contributed by atoms with E-state index in [0.717, 1.165) is 32.0 Å².